The van der Waals surface area contributed by atoms with Crippen LogP contribution in [-0.4, -0.2) is 65.1 Å². The van der Waals surface area contributed by atoms with Gasteiger partial charge in [0.15, 0.2) is 12.5 Å². The van der Waals surface area contributed by atoms with Gasteiger partial charge in [-0.3, -0.25) is 4.79 Å². The molecule has 0 unspecified atom stereocenters. The van der Waals surface area contributed by atoms with Crippen molar-refractivity contribution in [2.24, 2.45) is 10.1 Å². The number of carbonyl (C=O) groups excluding carboxylic acids is 1. The Balaban J connectivity index is 1.37. The first-order valence-corrected chi connectivity index (χ1v) is 10.8. The SMILES string of the molecule is CN1CCC(NC(=O)CON=C2C(c3c(O)[nH]c4ccccc34)=Nc3ccccc32)CC1. The first-order valence-electron chi connectivity index (χ1n) is 10.8. The molecular formula is C24H25N5O3. The molecule has 0 saturated carbocycles. The highest BCUT2D eigenvalue weighted by Crippen LogP contribution is 2.35. The summed E-state index contributed by atoms with van der Waals surface area (Å²) in [6.07, 6.45) is 1.86. The maximum Gasteiger partial charge on any atom is 0.260 e. The summed E-state index contributed by atoms with van der Waals surface area (Å²) < 4.78 is 0. The third kappa shape index (κ3) is 3.85. The van der Waals surface area contributed by atoms with E-state index in [1.807, 2.05) is 48.5 Å². The zero-order valence-electron chi connectivity index (χ0n) is 17.8. The van der Waals surface area contributed by atoms with E-state index < -0.39 is 0 Å². The van der Waals surface area contributed by atoms with Crippen LogP contribution in [0.5, 0.6) is 5.88 Å². The van der Waals surface area contributed by atoms with Crippen LogP contribution in [0.15, 0.2) is 58.7 Å². The highest BCUT2D eigenvalue weighted by Gasteiger charge is 2.29. The van der Waals surface area contributed by atoms with Crippen molar-refractivity contribution in [3.05, 3.63) is 59.7 Å². The lowest BCUT2D eigenvalue weighted by Gasteiger charge is -2.29. The second-order valence-corrected chi connectivity index (χ2v) is 8.23. The van der Waals surface area contributed by atoms with Gasteiger partial charge in [-0.05, 0) is 45.1 Å². The number of nitrogens with one attached hydrogen (secondary N) is 2. The standard InChI is InChI=1S/C24H25N5O3/c1-29-12-10-15(11-13-29)25-20(30)14-32-28-22-17-7-3-5-9-19(17)26-23(22)21-16-6-2-4-8-18(16)27-24(21)31/h2-9,15,27,31H,10-14H2,1H3,(H,25,30). The third-order valence-electron chi connectivity index (χ3n) is 5.97. The summed E-state index contributed by atoms with van der Waals surface area (Å²) in [7, 11) is 2.08. The number of aliphatic imine (C=N–C) groups is 1. The first-order chi connectivity index (χ1) is 15.6. The van der Waals surface area contributed by atoms with E-state index in [-0.39, 0.29) is 24.4 Å². The molecule has 1 aromatic heterocycles. The van der Waals surface area contributed by atoms with Crippen molar-refractivity contribution in [1.82, 2.24) is 15.2 Å². The van der Waals surface area contributed by atoms with Crippen molar-refractivity contribution in [1.29, 1.82) is 0 Å². The summed E-state index contributed by atoms with van der Waals surface area (Å²) in [5.74, 6) is -0.172. The quantitative estimate of drug-likeness (QED) is 0.541. The molecule has 0 atom stereocenters. The highest BCUT2D eigenvalue weighted by atomic mass is 16.6. The summed E-state index contributed by atoms with van der Waals surface area (Å²) in [5.41, 5.74) is 3.91. The molecule has 32 heavy (non-hydrogen) atoms. The van der Waals surface area contributed by atoms with Crippen LogP contribution in [0.4, 0.5) is 5.69 Å². The fourth-order valence-corrected chi connectivity index (χ4v) is 4.28. The number of hydrogen-bond donors (Lipinski definition) is 3. The molecular weight excluding hydrogens is 406 g/mol. The zero-order valence-corrected chi connectivity index (χ0v) is 17.8. The summed E-state index contributed by atoms with van der Waals surface area (Å²) in [4.78, 5) is 27.8. The molecule has 0 spiro atoms. The number of likely N-dealkylation sites (tertiary alicyclic amines) is 1. The van der Waals surface area contributed by atoms with Crippen LogP contribution < -0.4 is 5.32 Å². The minimum Gasteiger partial charge on any atom is -0.494 e. The number of aromatic amines is 1. The molecule has 2 aliphatic rings. The molecule has 3 aromatic rings. The van der Waals surface area contributed by atoms with Gasteiger partial charge in [0.05, 0.1) is 11.3 Å². The third-order valence-corrected chi connectivity index (χ3v) is 5.97. The van der Waals surface area contributed by atoms with Crippen molar-refractivity contribution < 1.29 is 14.7 Å². The lowest BCUT2D eigenvalue weighted by Crippen LogP contribution is -2.44. The van der Waals surface area contributed by atoms with Gasteiger partial charge in [-0.25, -0.2) is 4.99 Å². The molecule has 1 saturated heterocycles. The second kappa shape index (κ2) is 8.47. The summed E-state index contributed by atoms with van der Waals surface area (Å²) >= 11 is 0. The number of hydrogen-bond acceptors (Lipinski definition) is 6. The molecule has 8 heteroatoms. The Hall–Kier alpha value is -3.65. The second-order valence-electron chi connectivity index (χ2n) is 8.23. The number of carbonyl (C=O) groups is 1. The van der Waals surface area contributed by atoms with E-state index >= 15 is 0 Å². The minimum atomic E-state index is -0.191. The Morgan fingerprint density at radius 2 is 1.97 bits per heavy atom. The molecule has 8 nitrogen and oxygen atoms in total. The number of oxime groups is 1. The van der Waals surface area contributed by atoms with Crippen molar-refractivity contribution in [3.63, 3.8) is 0 Å². The summed E-state index contributed by atoms with van der Waals surface area (Å²) in [5, 5.41) is 18.8. The van der Waals surface area contributed by atoms with Crippen LogP contribution in [0.2, 0.25) is 0 Å². The van der Waals surface area contributed by atoms with E-state index in [1.54, 1.807) is 0 Å². The number of fused-ring (bicyclic) bond motifs is 2. The molecule has 5 rings (SSSR count). The topological polar surface area (TPSA) is 102 Å². The van der Waals surface area contributed by atoms with E-state index in [9.17, 15) is 9.90 Å². The van der Waals surface area contributed by atoms with Crippen LogP contribution >= 0.6 is 0 Å². The Kier molecular flexibility index (Phi) is 5.36. The van der Waals surface area contributed by atoms with Gasteiger partial charge >= 0.3 is 0 Å². The number of para-hydroxylation sites is 2. The average Bonchev–Trinajstić information content (AvgIpc) is 3.31. The minimum absolute atomic E-state index is 0.0189. The smallest absolute Gasteiger partial charge is 0.260 e. The van der Waals surface area contributed by atoms with Crippen LogP contribution in [0, 0.1) is 0 Å². The maximum absolute atomic E-state index is 12.4. The molecule has 164 valence electrons. The van der Waals surface area contributed by atoms with Gasteiger partial charge < -0.3 is 25.1 Å². The Bertz CT molecular complexity index is 1220. The van der Waals surface area contributed by atoms with E-state index in [2.05, 4.69) is 27.4 Å². The van der Waals surface area contributed by atoms with Gasteiger partial charge in [-0.1, -0.05) is 41.6 Å². The zero-order chi connectivity index (χ0) is 22.1. The normalized spacial score (nSPS) is 18.0. The largest absolute Gasteiger partial charge is 0.494 e. The lowest BCUT2D eigenvalue weighted by atomic mass is 10.0. The lowest BCUT2D eigenvalue weighted by molar-refractivity contribution is -0.126. The van der Waals surface area contributed by atoms with Gasteiger partial charge in [0.2, 0.25) is 0 Å². The van der Waals surface area contributed by atoms with Crippen LogP contribution in [0.3, 0.4) is 0 Å². The maximum atomic E-state index is 12.4. The molecule has 1 amide bonds. The van der Waals surface area contributed by atoms with Crippen LogP contribution in [0.25, 0.3) is 10.9 Å². The van der Waals surface area contributed by atoms with Crippen LogP contribution in [-0.2, 0) is 9.63 Å². The Labute approximate surface area is 185 Å². The monoisotopic (exact) mass is 431 g/mol. The van der Waals surface area contributed by atoms with E-state index in [1.165, 1.54) is 0 Å². The van der Waals surface area contributed by atoms with Crippen molar-refractivity contribution in [3.8, 4) is 5.88 Å². The van der Waals surface area contributed by atoms with Gasteiger partial charge in [0.1, 0.15) is 11.4 Å². The van der Waals surface area contributed by atoms with E-state index in [4.69, 9.17) is 9.83 Å². The van der Waals surface area contributed by atoms with Crippen molar-refractivity contribution >= 4 is 33.9 Å². The number of benzene rings is 2. The summed E-state index contributed by atoms with van der Waals surface area (Å²) in [6.45, 7) is 1.77. The predicted octanol–water partition coefficient (Wildman–Crippen LogP) is 2.94. The molecule has 0 bridgehead atoms. The fourth-order valence-electron chi connectivity index (χ4n) is 4.28. The Morgan fingerprint density at radius 1 is 1.22 bits per heavy atom. The number of H-pyrrole nitrogens is 1. The van der Waals surface area contributed by atoms with E-state index in [0.717, 1.165) is 48.1 Å². The number of rotatable bonds is 5. The van der Waals surface area contributed by atoms with Gasteiger partial charge in [0.25, 0.3) is 5.91 Å². The molecule has 2 aliphatic heterocycles. The summed E-state index contributed by atoms with van der Waals surface area (Å²) in [6, 6.07) is 15.4. The van der Waals surface area contributed by atoms with Crippen LogP contribution in [0.1, 0.15) is 24.0 Å². The Morgan fingerprint density at radius 3 is 2.81 bits per heavy atom. The average molecular weight is 431 g/mol. The molecule has 1 fully saturated rings. The first kappa shape index (κ1) is 20.3. The number of piperidine rings is 1. The van der Waals surface area contributed by atoms with E-state index in [0.29, 0.717) is 17.0 Å². The van der Waals surface area contributed by atoms with Gasteiger partial charge in [0, 0.05) is 22.5 Å². The number of amides is 1. The molecule has 0 aliphatic carbocycles. The predicted molar refractivity (Wildman–Crippen MR) is 124 cm³/mol. The van der Waals surface area contributed by atoms with Gasteiger partial charge in [-0.2, -0.15) is 0 Å². The van der Waals surface area contributed by atoms with Gasteiger partial charge in [-0.15, -0.1) is 0 Å². The van der Waals surface area contributed by atoms with Crippen molar-refractivity contribution in [2.45, 2.75) is 18.9 Å². The molecule has 3 N–H and O–H groups in total. The number of aromatic hydroxyl groups is 1. The molecule has 0 radical (unpaired) electrons. The fraction of sp³-hybridized carbons (Fsp3) is 0.292. The van der Waals surface area contributed by atoms with Crippen molar-refractivity contribution in [2.75, 3.05) is 26.7 Å². The number of nitrogens with zero attached hydrogens (tertiary/aromatic N) is 3. The molecule has 2 aromatic carbocycles. The highest BCUT2D eigenvalue weighted by molar-refractivity contribution is 6.58. The molecule has 3 heterocycles. The number of aromatic nitrogens is 1.